The van der Waals surface area contributed by atoms with Crippen molar-refractivity contribution < 1.29 is 0 Å². The molecule has 2 rings (SSSR count). The molecule has 0 radical (unpaired) electrons. The predicted octanol–water partition coefficient (Wildman–Crippen LogP) is 2.43. The van der Waals surface area contributed by atoms with Crippen LogP contribution in [0.3, 0.4) is 0 Å². The van der Waals surface area contributed by atoms with Crippen LogP contribution in [0.1, 0.15) is 33.6 Å². The number of nitrogens with zero attached hydrogens (tertiary/aromatic N) is 3. The van der Waals surface area contributed by atoms with Gasteiger partial charge in [-0.15, -0.1) is 11.3 Å². The van der Waals surface area contributed by atoms with Gasteiger partial charge in [0.15, 0.2) is 5.13 Å². The van der Waals surface area contributed by atoms with Gasteiger partial charge in [0.2, 0.25) is 0 Å². The summed E-state index contributed by atoms with van der Waals surface area (Å²) in [5.74, 6) is 0. The summed E-state index contributed by atoms with van der Waals surface area (Å²) in [6.45, 7) is 12.5. The third-order valence-corrected chi connectivity index (χ3v) is 4.81. The summed E-state index contributed by atoms with van der Waals surface area (Å²) < 4.78 is 0. The van der Waals surface area contributed by atoms with Crippen molar-refractivity contribution >= 4 is 16.5 Å². The molecule has 1 fully saturated rings. The van der Waals surface area contributed by atoms with Crippen molar-refractivity contribution in [3.05, 3.63) is 11.6 Å². The lowest BCUT2D eigenvalue weighted by molar-refractivity contribution is 0.186. The highest BCUT2D eigenvalue weighted by atomic mass is 32.1. The number of nitrogens with one attached hydrogen (secondary N) is 1. The van der Waals surface area contributed by atoms with E-state index in [0.717, 1.165) is 19.6 Å². The fourth-order valence-corrected chi connectivity index (χ4v) is 3.39. The summed E-state index contributed by atoms with van der Waals surface area (Å²) in [5, 5.41) is 6.74. The molecule has 1 aromatic rings. The lowest BCUT2D eigenvalue weighted by Gasteiger charge is -2.38. The van der Waals surface area contributed by atoms with Crippen LogP contribution in [0.15, 0.2) is 11.6 Å². The van der Waals surface area contributed by atoms with Gasteiger partial charge in [-0.25, -0.2) is 4.98 Å². The van der Waals surface area contributed by atoms with E-state index in [2.05, 4.69) is 46.3 Å². The van der Waals surface area contributed by atoms with Crippen molar-refractivity contribution in [3.8, 4) is 0 Å². The largest absolute Gasteiger partial charge is 0.346 e. The fraction of sp³-hybridized carbons (Fsp3) is 0.800. The van der Waals surface area contributed by atoms with E-state index in [9.17, 15) is 0 Å². The van der Waals surface area contributed by atoms with Crippen molar-refractivity contribution in [3.63, 3.8) is 0 Å². The summed E-state index contributed by atoms with van der Waals surface area (Å²) in [7, 11) is 0. The van der Waals surface area contributed by atoms with Crippen LogP contribution in [0.4, 0.5) is 5.13 Å². The smallest absolute Gasteiger partial charge is 0.185 e. The molecule has 1 unspecified atom stereocenters. The Labute approximate surface area is 127 Å². The first-order chi connectivity index (χ1) is 9.66. The zero-order valence-corrected chi connectivity index (χ0v) is 13.8. The molecule has 0 amide bonds. The van der Waals surface area contributed by atoms with Gasteiger partial charge in [0, 0.05) is 49.8 Å². The summed E-state index contributed by atoms with van der Waals surface area (Å²) >= 11 is 1.75. The first-order valence-corrected chi connectivity index (χ1v) is 8.66. The van der Waals surface area contributed by atoms with Crippen LogP contribution in [0.2, 0.25) is 0 Å². The predicted molar refractivity (Wildman–Crippen MR) is 87.7 cm³/mol. The molecule has 0 aromatic carbocycles. The second-order valence-corrected chi connectivity index (χ2v) is 6.81. The molecule has 2 heterocycles. The Kier molecular flexibility index (Phi) is 6.26. The molecule has 20 heavy (non-hydrogen) atoms. The van der Waals surface area contributed by atoms with E-state index in [1.807, 2.05) is 6.20 Å². The summed E-state index contributed by atoms with van der Waals surface area (Å²) in [4.78, 5) is 9.44. The number of hydrogen-bond donors (Lipinski definition) is 1. The van der Waals surface area contributed by atoms with Gasteiger partial charge in [0.25, 0.3) is 0 Å². The molecule has 114 valence electrons. The van der Waals surface area contributed by atoms with Crippen molar-refractivity contribution in [1.82, 2.24) is 15.2 Å². The molecule has 0 bridgehead atoms. The molecular weight excluding hydrogens is 268 g/mol. The SMILES string of the molecule is CC(C)NCCCC(C)N1CCN(c2nccs2)CC1. The highest BCUT2D eigenvalue weighted by Crippen LogP contribution is 2.20. The van der Waals surface area contributed by atoms with E-state index in [0.29, 0.717) is 12.1 Å². The van der Waals surface area contributed by atoms with Crippen LogP contribution >= 0.6 is 11.3 Å². The molecular formula is C15H28N4S. The number of piperazine rings is 1. The lowest BCUT2D eigenvalue weighted by atomic mass is 10.1. The topological polar surface area (TPSA) is 31.4 Å². The Morgan fingerprint density at radius 3 is 2.60 bits per heavy atom. The van der Waals surface area contributed by atoms with E-state index in [1.165, 1.54) is 31.1 Å². The van der Waals surface area contributed by atoms with Crippen molar-refractivity contribution in [2.75, 3.05) is 37.6 Å². The van der Waals surface area contributed by atoms with Gasteiger partial charge >= 0.3 is 0 Å². The average Bonchev–Trinajstić information content (AvgIpc) is 2.97. The maximum atomic E-state index is 4.40. The highest BCUT2D eigenvalue weighted by Gasteiger charge is 2.21. The normalized spacial score (nSPS) is 18.7. The van der Waals surface area contributed by atoms with Crippen molar-refractivity contribution in [1.29, 1.82) is 0 Å². The van der Waals surface area contributed by atoms with Crippen LogP contribution in [0, 0.1) is 0 Å². The van der Waals surface area contributed by atoms with Crippen molar-refractivity contribution in [2.45, 2.75) is 45.7 Å². The van der Waals surface area contributed by atoms with Gasteiger partial charge in [-0.05, 0) is 26.3 Å². The Morgan fingerprint density at radius 1 is 1.25 bits per heavy atom. The Bertz CT molecular complexity index is 358. The molecule has 1 atom stereocenters. The van der Waals surface area contributed by atoms with Gasteiger partial charge in [0.1, 0.15) is 0 Å². The number of rotatable bonds is 7. The number of aromatic nitrogens is 1. The molecule has 0 saturated carbocycles. The van der Waals surface area contributed by atoms with Gasteiger partial charge in [-0.1, -0.05) is 13.8 Å². The van der Waals surface area contributed by atoms with E-state index >= 15 is 0 Å². The van der Waals surface area contributed by atoms with Crippen LogP contribution in [-0.4, -0.2) is 54.7 Å². The minimum atomic E-state index is 0.604. The highest BCUT2D eigenvalue weighted by molar-refractivity contribution is 7.13. The maximum absolute atomic E-state index is 4.40. The summed E-state index contributed by atoms with van der Waals surface area (Å²) in [5.41, 5.74) is 0. The fourth-order valence-electron chi connectivity index (χ4n) is 2.70. The van der Waals surface area contributed by atoms with Gasteiger partial charge in [-0.2, -0.15) is 0 Å². The quantitative estimate of drug-likeness (QED) is 0.783. The molecule has 0 aliphatic carbocycles. The Morgan fingerprint density at radius 2 is 2.00 bits per heavy atom. The standard InChI is InChI=1S/C15H28N4S/c1-13(2)16-6-4-5-14(3)18-8-10-19(11-9-18)15-17-7-12-20-15/h7,12-14,16H,4-6,8-11H2,1-3H3. The molecule has 0 spiro atoms. The van der Waals surface area contributed by atoms with Crippen LogP contribution in [0.5, 0.6) is 0 Å². The zero-order valence-electron chi connectivity index (χ0n) is 13.0. The first-order valence-electron chi connectivity index (χ1n) is 7.78. The molecule has 1 aliphatic heterocycles. The minimum absolute atomic E-state index is 0.604. The Hall–Kier alpha value is -0.650. The van der Waals surface area contributed by atoms with E-state index < -0.39 is 0 Å². The average molecular weight is 296 g/mol. The minimum Gasteiger partial charge on any atom is -0.346 e. The Balaban J connectivity index is 1.65. The third-order valence-electron chi connectivity index (χ3n) is 3.98. The monoisotopic (exact) mass is 296 g/mol. The second kappa shape index (κ2) is 7.96. The number of anilines is 1. The maximum Gasteiger partial charge on any atom is 0.185 e. The lowest BCUT2D eigenvalue weighted by Crippen LogP contribution is -2.49. The number of hydrogen-bond acceptors (Lipinski definition) is 5. The first kappa shape index (κ1) is 15.7. The van der Waals surface area contributed by atoms with Gasteiger partial charge < -0.3 is 10.2 Å². The molecule has 1 saturated heterocycles. The van der Waals surface area contributed by atoms with E-state index in [1.54, 1.807) is 11.3 Å². The van der Waals surface area contributed by atoms with E-state index in [4.69, 9.17) is 0 Å². The third kappa shape index (κ3) is 4.72. The number of thiazole rings is 1. The summed E-state index contributed by atoms with van der Waals surface area (Å²) in [6.07, 6.45) is 4.46. The molecule has 1 aromatic heterocycles. The van der Waals surface area contributed by atoms with Crippen molar-refractivity contribution in [2.24, 2.45) is 0 Å². The second-order valence-electron chi connectivity index (χ2n) is 5.94. The van der Waals surface area contributed by atoms with Gasteiger partial charge in [-0.3, -0.25) is 4.90 Å². The van der Waals surface area contributed by atoms with Crippen LogP contribution in [0.25, 0.3) is 0 Å². The molecule has 1 N–H and O–H groups in total. The zero-order chi connectivity index (χ0) is 14.4. The van der Waals surface area contributed by atoms with E-state index in [-0.39, 0.29) is 0 Å². The van der Waals surface area contributed by atoms with Gasteiger partial charge in [0.05, 0.1) is 0 Å². The molecule has 1 aliphatic rings. The van der Waals surface area contributed by atoms with Crippen LogP contribution in [-0.2, 0) is 0 Å². The van der Waals surface area contributed by atoms with Crippen LogP contribution < -0.4 is 10.2 Å². The molecule has 5 heteroatoms. The summed E-state index contributed by atoms with van der Waals surface area (Å²) in [6, 6.07) is 1.30. The molecule has 4 nitrogen and oxygen atoms in total.